The van der Waals surface area contributed by atoms with E-state index in [-0.39, 0.29) is 18.6 Å². The molecular weight excluding hydrogens is 557 g/mol. The van der Waals surface area contributed by atoms with E-state index in [0.717, 1.165) is 31.3 Å². The summed E-state index contributed by atoms with van der Waals surface area (Å²) in [6, 6.07) is 17.6. The van der Waals surface area contributed by atoms with Crippen LogP contribution >= 0.6 is 22.6 Å². The van der Waals surface area contributed by atoms with Crippen molar-refractivity contribution in [3.8, 4) is 11.4 Å². The molecule has 1 N–H and O–H groups in total. The van der Waals surface area contributed by atoms with E-state index in [4.69, 9.17) is 9.72 Å². The highest BCUT2D eigenvalue weighted by Gasteiger charge is 2.45. The number of nitrogens with zero attached hydrogens (tertiary/aromatic N) is 3. The number of hydrogen-bond acceptors (Lipinski definition) is 6. The lowest BCUT2D eigenvalue weighted by atomic mass is 9.86. The third kappa shape index (κ3) is 3.35. The van der Waals surface area contributed by atoms with Crippen molar-refractivity contribution >= 4 is 51.4 Å². The van der Waals surface area contributed by atoms with E-state index in [2.05, 4.69) is 27.6 Å². The molecule has 0 radical (unpaired) electrons. The second kappa shape index (κ2) is 8.10. The molecule has 2 aliphatic rings. The van der Waals surface area contributed by atoms with E-state index in [1.807, 2.05) is 48.5 Å². The number of aliphatic imine (C=N–C) groups is 1. The summed E-state index contributed by atoms with van der Waals surface area (Å²) in [4.78, 5) is 35.4. The fourth-order valence-corrected chi connectivity index (χ4v) is 5.36. The van der Waals surface area contributed by atoms with Gasteiger partial charge in [-0.05, 0) is 53.3 Å². The average Bonchev–Trinajstić information content (AvgIpc) is 3.23. The van der Waals surface area contributed by atoms with E-state index < -0.39 is 11.6 Å². The molecule has 6 rings (SSSR count). The standard InChI is InChI=1S/C27H20IN3O4/c1-2-27(34)19-11-22-24-17(13-31(22)25(32)18(19)14-35-26(27)33)10-15-6-5-7-16(23(15)30-24)12-29-21-9-4-3-8-20(21)28/h3-12,34H,2,13-14H2,1H3/t27-/m0/s1. The number of rotatable bonds is 3. The zero-order chi connectivity index (χ0) is 24.3. The number of carbonyl (C=O) groups is 1. The highest BCUT2D eigenvalue weighted by Crippen LogP contribution is 2.38. The second-order valence-corrected chi connectivity index (χ2v) is 9.89. The summed E-state index contributed by atoms with van der Waals surface area (Å²) < 4.78 is 7.84. The Bertz CT molecular complexity index is 1640. The third-order valence-electron chi connectivity index (χ3n) is 6.77. The van der Waals surface area contributed by atoms with Crippen molar-refractivity contribution in [1.29, 1.82) is 0 Å². The number of para-hydroxylation sites is 2. The maximum atomic E-state index is 13.3. The van der Waals surface area contributed by atoms with E-state index in [1.54, 1.807) is 23.8 Å². The predicted molar refractivity (Wildman–Crippen MR) is 141 cm³/mol. The van der Waals surface area contributed by atoms with Gasteiger partial charge in [-0.1, -0.05) is 37.3 Å². The fourth-order valence-electron chi connectivity index (χ4n) is 4.83. The smallest absolute Gasteiger partial charge is 0.343 e. The number of cyclic esters (lactones) is 1. The lowest BCUT2D eigenvalue weighted by Gasteiger charge is -2.31. The van der Waals surface area contributed by atoms with E-state index >= 15 is 0 Å². The number of aliphatic hydroxyl groups is 1. The Morgan fingerprint density at radius 2 is 2.03 bits per heavy atom. The van der Waals surface area contributed by atoms with Crippen LogP contribution in [-0.2, 0) is 28.3 Å². The molecule has 174 valence electrons. The van der Waals surface area contributed by atoms with Crippen LogP contribution in [0.2, 0.25) is 0 Å². The minimum Gasteiger partial charge on any atom is -0.458 e. The summed E-state index contributed by atoms with van der Waals surface area (Å²) in [5.41, 5.74) is 3.21. The van der Waals surface area contributed by atoms with Gasteiger partial charge in [-0.25, -0.2) is 9.78 Å². The maximum Gasteiger partial charge on any atom is 0.343 e. The first kappa shape index (κ1) is 22.1. The van der Waals surface area contributed by atoms with Crippen molar-refractivity contribution < 1.29 is 14.6 Å². The van der Waals surface area contributed by atoms with Crippen LogP contribution in [0.5, 0.6) is 0 Å². The average molecular weight is 577 g/mol. The molecule has 0 aliphatic carbocycles. The Morgan fingerprint density at radius 1 is 1.20 bits per heavy atom. The molecule has 2 aliphatic heterocycles. The van der Waals surface area contributed by atoms with Crippen LogP contribution in [0, 0.1) is 3.57 Å². The molecular formula is C27H20IN3O4. The summed E-state index contributed by atoms with van der Waals surface area (Å²) in [5.74, 6) is -0.726. The molecule has 2 aromatic heterocycles. The van der Waals surface area contributed by atoms with Crippen molar-refractivity contribution in [3.63, 3.8) is 0 Å². The van der Waals surface area contributed by atoms with Crippen LogP contribution in [0.15, 0.2) is 64.4 Å². The van der Waals surface area contributed by atoms with E-state index in [1.165, 1.54) is 0 Å². The molecule has 0 spiro atoms. The number of esters is 1. The van der Waals surface area contributed by atoms with E-state index in [9.17, 15) is 14.7 Å². The number of carbonyl (C=O) groups excluding carboxylic acids is 1. The Labute approximate surface area is 214 Å². The molecule has 0 saturated carbocycles. The second-order valence-electron chi connectivity index (χ2n) is 8.73. The highest BCUT2D eigenvalue weighted by molar-refractivity contribution is 14.1. The van der Waals surface area contributed by atoms with Gasteiger partial charge in [0.1, 0.15) is 6.61 Å². The summed E-state index contributed by atoms with van der Waals surface area (Å²) >= 11 is 2.26. The topological polar surface area (TPSA) is 93.8 Å². The minimum atomic E-state index is -1.84. The van der Waals surface area contributed by atoms with Gasteiger partial charge in [0, 0.05) is 31.9 Å². The van der Waals surface area contributed by atoms with Gasteiger partial charge < -0.3 is 14.4 Å². The van der Waals surface area contributed by atoms with Crippen LogP contribution in [0.3, 0.4) is 0 Å². The molecule has 8 heteroatoms. The number of benzene rings is 2. The third-order valence-corrected chi connectivity index (χ3v) is 7.68. The Balaban J connectivity index is 1.53. The van der Waals surface area contributed by atoms with Gasteiger partial charge >= 0.3 is 5.97 Å². The molecule has 0 unspecified atom stereocenters. The molecule has 35 heavy (non-hydrogen) atoms. The zero-order valence-corrected chi connectivity index (χ0v) is 20.9. The van der Waals surface area contributed by atoms with Gasteiger partial charge in [-0.3, -0.25) is 9.79 Å². The lowest BCUT2D eigenvalue weighted by Crippen LogP contribution is -2.44. The molecule has 0 fully saturated rings. The van der Waals surface area contributed by atoms with Crippen molar-refractivity contribution in [2.24, 2.45) is 4.99 Å². The molecule has 0 amide bonds. The van der Waals surface area contributed by atoms with Crippen molar-refractivity contribution in [2.45, 2.75) is 32.1 Å². The fraction of sp³-hybridized carbons (Fsp3) is 0.185. The molecule has 4 aromatic rings. The molecule has 0 bridgehead atoms. The van der Waals surface area contributed by atoms with Gasteiger partial charge in [-0.15, -0.1) is 0 Å². The van der Waals surface area contributed by atoms with Crippen molar-refractivity contribution in [1.82, 2.24) is 9.55 Å². The zero-order valence-electron chi connectivity index (χ0n) is 18.8. The van der Waals surface area contributed by atoms with Gasteiger partial charge in [0.25, 0.3) is 5.56 Å². The molecule has 0 saturated heterocycles. The normalized spacial score (nSPS) is 18.4. The van der Waals surface area contributed by atoms with E-state index in [0.29, 0.717) is 29.1 Å². The van der Waals surface area contributed by atoms with Crippen LogP contribution in [0.4, 0.5) is 5.69 Å². The largest absolute Gasteiger partial charge is 0.458 e. The number of ether oxygens (including phenoxy) is 1. The number of pyridine rings is 2. The van der Waals surface area contributed by atoms with Crippen LogP contribution in [0.25, 0.3) is 22.3 Å². The highest BCUT2D eigenvalue weighted by atomic mass is 127. The first-order valence-electron chi connectivity index (χ1n) is 11.3. The summed E-state index contributed by atoms with van der Waals surface area (Å²) in [6.07, 6.45) is 1.92. The van der Waals surface area contributed by atoms with Gasteiger partial charge in [0.05, 0.1) is 34.7 Å². The van der Waals surface area contributed by atoms with Gasteiger partial charge in [-0.2, -0.15) is 0 Å². The minimum absolute atomic E-state index is 0.110. The van der Waals surface area contributed by atoms with Crippen LogP contribution in [-0.4, -0.2) is 26.8 Å². The summed E-state index contributed by atoms with van der Waals surface area (Å²) in [5, 5.41) is 12.0. The number of hydrogen-bond donors (Lipinski definition) is 1. The number of halogens is 1. The lowest BCUT2D eigenvalue weighted by molar-refractivity contribution is -0.172. The summed E-state index contributed by atoms with van der Waals surface area (Å²) in [7, 11) is 0. The monoisotopic (exact) mass is 577 g/mol. The quantitative estimate of drug-likeness (QED) is 0.195. The predicted octanol–water partition coefficient (Wildman–Crippen LogP) is 4.43. The molecule has 2 aromatic carbocycles. The molecule has 1 atom stereocenters. The first-order chi connectivity index (χ1) is 16.9. The van der Waals surface area contributed by atoms with Crippen LogP contribution in [0.1, 0.15) is 35.6 Å². The Kier molecular flexibility index (Phi) is 5.12. The molecule has 4 heterocycles. The Hall–Kier alpha value is -3.37. The maximum absolute atomic E-state index is 13.3. The first-order valence-corrected chi connectivity index (χ1v) is 12.4. The van der Waals surface area contributed by atoms with Crippen molar-refractivity contribution in [2.75, 3.05) is 0 Å². The van der Waals surface area contributed by atoms with Gasteiger partial charge in [0.2, 0.25) is 0 Å². The van der Waals surface area contributed by atoms with Crippen molar-refractivity contribution in [3.05, 3.63) is 90.8 Å². The SMILES string of the molecule is CC[C@@]1(O)C(=O)OCc2c1cc1n(c2=O)Cc2cc3cccc(C=Nc4ccccc4I)c3nc2-1. The Morgan fingerprint density at radius 3 is 2.83 bits per heavy atom. The summed E-state index contributed by atoms with van der Waals surface area (Å²) in [6.45, 7) is 1.93. The number of fused-ring (bicyclic) bond motifs is 5. The molecule has 7 nitrogen and oxygen atoms in total. The van der Waals surface area contributed by atoms with Crippen LogP contribution < -0.4 is 5.56 Å². The number of aromatic nitrogens is 2. The van der Waals surface area contributed by atoms with Gasteiger partial charge in [0.15, 0.2) is 5.60 Å².